The van der Waals surface area contributed by atoms with Crippen molar-refractivity contribution in [3.05, 3.63) is 34.3 Å². The van der Waals surface area contributed by atoms with Crippen LogP contribution < -0.4 is 0 Å². The minimum Gasteiger partial charge on any atom is -0.481 e. The number of carboxylic acids is 1. The predicted octanol–water partition coefficient (Wildman–Crippen LogP) is 2.64. The fraction of sp³-hybridized carbons (Fsp3) is 0.300. The van der Waals surface area contributed by atoms with Gasteiger partial charge in [-0.25, -0.2) is 0 Å². The van der Waals surface area contributed by atoms with Crippen molar-refractivity contribution in [2.45, 2.75) is 12.3 Å². The van der Waals surface area contributed by atoms with Crippen LogP contribution in [0.4, 0.5) is 0 Å². The smallest absolute Gasteiger partial charge is 0.307 e. The molecular formula is C10H9BrO2. The standard InChI is InChI=1S/C10H9BrO2/c11-7-3-1-2-6(4-7)8-5-9(8)10(12)13/h1-4,8-9H,5H2,(H,12,13)/t8-,9+/m0/s1. The molecule has 3 heteroatoms. The van der Waals surface area contributed by atoms with Crippen molar-refractivity contribution < 1.29 is 9.90 Å². The summed E-state index contributed by atoms with van der Waals surface area (Å²) in [6.07, 6.45) is 0.784. The topological polar surface area (TPSA) is 37.3 Å². The second kappa shape index (κ2) is 3.14. The minimum absolute atomic E-state index is 0.158. The molecule has 2 nitrogen and oxygen atoms in total. The molecule has 1 aliphatic carbocycles. The third kappa shape index (κ3) is 1.75. The van der Waals surface area contributed by atoms with Gasteiger partial charge in [0.25, 0.3) is 0 Å². The molecule has 1 N–H and O–H groups in total. The summed E-state index contributed by atoms with van der Waals surface area (Å²) in [7, 11) is 0. The SMILES string of the molecule is O=C(O)[C@@H]1C[C@H]1c1cccc(Br)c1. The Morgan fingerprint density at radius 1 is 1.54 bits per heavy atom. The molecule has 0 unspecified atom stereocenters. The Kier molecular flexibility index (Phi) is 2.12. The maximum absolute atomic E-state index is 10.6. The van der Waals surface area contributed by atoms with Crippen LogP contribution in [-0.4, -0.2) is 11.1 Å². The van der Waals surface area contributed by atoms with Crippen molar-refractivity contribution >= 4 is 21.9 Å². The minimum atomic E-state index is -0.676. The molecule has 0 saturated heterocycles. The molecule has 2 rings (SSSR count). The Morgan fingerprint density at radius 3 is 2.85 bits per heavy atom. The number of hydrogen-bond donors (Lipinski definition) is 1. The predicted molar refractivity (Wildman–Crippen MR) is 52.6 cm³/mol. The van der Waals surface area contributed by atoms with E-state index in [1.54, 1.807) is 0 Å². The van der Waals surface area contributed by atoms with Gasteiger partial charge >= 0.3 is 5.97 Å². The third-order valence-electron chi connectivity index (χ3n) is 2.38. The van der Waals surface area contributed by atoms with E-state index < -0.39 is 5.97 Å². The number of carbonyl (C=O) groups is 1. The van der Waals surface area contributed by atoms with Crippen molar-refractivity contribution in [2.24, 2.45) is 5.92 Å². The molecule has 0 spiro atoms. The fourth-order valence-electron chi connectivity index (χ4n) is 1.57. The summed E-state index contributed by atoms with van der Waals surface area (Å²) in [5.41, 5.74) is 1.13. The summed E-state index contributed by atoms with van der Waals surface area (Å²) in [5, 5.41) is 8.74. The van der Waals surface area contributed by atoms with Crippen LogP contribution in [0.3, 0.4) is 0 Å². The summed E-state index contributed by atoms with van der Waals surface area (Å²) in [5.74, 6) is -0.603. The molecule has 13 heavy (non-hydrogen) atoms. The van der Waals surface area contributed by atoms with Crippen LogP contribution in [0.25, 0.3) is 0 Å². The molecule has 0 bridgehead atoms. The average Bonchev–Trinajstić information content (AvgIpc) is 2.82. The third-order valence-corrected chi connectivity index (χ3v) is 2.88. The fourth-order valence-corrected chi connectivity index (χ4v) is 1.99. The van der Waals surface area contributed by atoms with E-state index >= 15 is 0 Å². The number of benzene rings is 1. The van der Waals surface area contributed by atoms with Gasteiger partial charge in [-0.2, -0.15) is 0 Å². The normalized spacial score (nSPS) is 25.6. The Morgan fingerprint density at radius 2 is 2.31 bits per heavy atom. The van der Waals surface area contributed by atoms with Crippen molar-refractivity contribution in [3.63, 3.8) is 0 Å². The molecule has 0 aromatic heterocycles. The van der Waals surface area contributed by atoms with Gasteiger partial charge in [-0.1, -0.05) is 28.1 Å². The summed E-state index contributed by atoms with van der Waals surface area (Å²) >= 11 is 3.37. The summed E-state index contributed by atoms with van der Waals surface area (Å²) < 4.78 is 1.01. The van der Waals surface area contributed by atoms with Gasteiger partial charge in [0.2, 0.25) is 0 Å². The highest BCUT2D eigenvalue weighted by Gasteiger charge is 2.44. The summed E-state index contributed by atoms with van der Waals surface area (Å²) in [4.78, 5) is 10.6. The number of hydrogen-bond acceptors (Lipinski definition) is 1. The van der Waals surface area contributed by atoms with E-state index in [0.717, 1.165) is 16.5 Å². The van der Waals surface area contributed by atoms with Gasteiger partial charge in [-0.05, 0) is 30.0 Å². The molecule has 2 atom stereocenters. The Labute approximate surface area is 84.7 Å². The number of halogens is 1. The zero-order valence-corrected chi connectivity index (χ0v) is 8.49. The molecular weight excluding hydrogens is 232 g/mol. The molecule has 68 valence electrons. The van der Waals surface area contributed by atoms with Crippen LogP contribution in [0.15, 0.2) is 28.7 Å². The first-order chi connectivity index (χ1) is 6.18. The molecule has 1 aliphatic rings. The maximum Gasteiger partial charge on any atom is 0.307 e. The lowest BCUT2D eigenvalue weighted by atomic mass is 10.1. The van der Waals surface area contributed by atoms with E-state index in [1.165, 1.54) is 0 Å². The number of aliphatic carboxylic acids is 1. The summed E-state index contributed by atoms with van der Waals surface area (Å²) in [6.45, 7) is 0. The average molecular weight is 241 g/mol. The first-order valence-corrected chi connectivity index (χ1v) is 4.96. The molecule has 1 fully saturated rings. The van der Waals surface area contributed by atoms with Crippen molar-refractivity contribution in [3.8, 4) is 0 Å². The van der Waals surface area contributed by atoms with E-state index in [-0.39, 0.29) is 11.8 Å². The largest absolute Gasteiger partial charge is 0.481 e. The lowest BCUT2D eigenvalue weighted by Gasteiger charge is -1.98. The zero-order chi connectivity index (χ0) is 9.42. The maximum atomic E-state index is 10.6. The van der Waals surface area contributed by atoms with Gasteiger partial charge in [-0.3, -0.25) is 4.79 Å². The van der Waals surface area contributed by atoms with E-state index in [1.807, 2.05) is 24.3 Å². The lowest BCUT2D eigenvalue weighted by Crippen LogP contribution is -1.98. The van der Waals surface area contributed by atoms with Crippen LogP contribution in [0.5, 0.6) is 0 Å². The molecule has 0 heterocycles. The van der Waals surface area contributed by atoms with Crippen LogP contribution in [0, 0.1) is 5.92 Å². The molecule has 1 aromatic rings. The van der Waals surface area contributed by atoms with Gasteiger partial charge < -0.3 is 5.11 Å². The van der Waals surface area contributed by atoms with Crippen LogP contribution >= 0.6 is 15.9 Å². The Hall–Kier alpha value is -0.830. The Bertz CT molecular complexity index is 349. The monoisotopic (exact) mass is 240 g/mol. The van der Waals surface area contributed by atoms with Gasteiger partial charge in [0.15, 0.2) is 0 Å². The van der Waals surface area contributed by atoms with Crippen LogP contribution in [0.2, 0.25) is 0 Å². The van der Waals surface area contributed by atoms with Gasteiger partial charge in [0, 0.05) is 4.47 Å². The molecule has 0 radical (unpaired) electrons. The second-order valence-corrected chi connectivity index (χ2v) is 4.26. The first-order valence-electron chi connectivity index (χ1n) is 4.17. The van der Waals surface area contributed by atoms with E-state index in [2.05, 4.69) is 15.9 Å². The highest BCUT2D eigenvalue weighted by Crippen LogP contribution is 2.47. The van der Waals surface area contributed by atoms with Gasteiger partial charge in [0.1, 0.15) is 0 Å². The summed E-state index contributed by atoms with van der Waals surface area (Å²) in [6, 6.07) is 7.87. The van der Waals surface area contributed by atoms with E-state index in [4.69, 9.17) is 5.11 Å². The van der Waals surface area contributed by atoms with Crippen molar-refractivity contribution in [2.75, 3.05) is 0 Å². The van der Waals surface area contributed by atoms with Gasteiger partial charge in [-0.15, -0.1) is 0 Å². The van der Waals surface area contributed by atoms with Crippen LogP contribution in [0.1, 0.15) is 17.9 Å². The lowest BCUT2D eigenvalue weighted by molar-refractivity contribution is -0.138. The number of carboxylic acid groups (broad SMARTS) is 1. The quantitative estimate of drug-likeness (QED) is 0.864. The van der Waals surface area contributed by atoms with E-state index in [0.29, 0.717) is 0 Å². The molecule has 1 saturated carbocycles. The Balaban J connectivity index is 2.16. The number of rotatable bonds is 2. The van der Waals surface area contributed by atoms with Crippen LogP contribution in [-0.2, 0) is 4.79 Å². The molecule has 0 aliphatic heterocycles. The van der Waals surface area contributed by atoms with Gasteiger partial charge in [0.05, 0.1) is 5.92 Å². The highest BCUT2D eigenvalue weighted by molar-refractivity contribution is 9.10. The molecule has 0 amide bonds. The zero-order valence-electron chi connectivity index (χ0n) is 6.90. The van der Waals surface area contributed by atoms with Crippen molar-refractivity contribution in [1.29, 1.82) is 0 Å². The second-order valence-electron chi connectivity index (χ2n) is 3.34. The van der Waals surface area contributed by atoms with Crippen molar-refractivity contribution in [1.82, 2.24) is 0 Å². The first kappa shape index (κ1) is 8.75. The molecule has 1 aromatic carbocycles. The van der Waals surface area contributed by atoms with E-state index in [9.17, 15) is 4.79 Å². The highest BCUT2D eigenvalue weighted by atomic mass is 79.9.